The molecular weight excluding hydrogens is 390 g/mol. The van der Waals surface area contributed by atoms with Crippen LogP contribution >= 0.6 is 0 Å². The number of nitriles is 1. The second kappa shape index (κ2) is 8.13. The van der Waals surface area contributed by atoms with Crippen LogP contribution in [0.2, 0.25) is 0 Å². The number of aryl methyl sites for hydroxylation is 1. The molecule has 0 radical (unpaired) electrons. The molecule has 1 aliphatic rings. The van der Waals surface area contributed by atoms with E-state index >= 15 is 0 Å². The molecule has 1 aromatic carbocycles. The molecule has 0 bridgehead atoms. The molecule has 8 heteroatoms. The minimum Gasteiger partial charge on any atom is -0.497 e. The topological polar surface area (TPSA) is 101 Å². The largest absolute Gasteiger partial charge is 0.497 e. The lowest BCUT2D eigenvalue weighted by Gasteiger charge is -2.11. The summed E-state index contributed by atoms with van der Waals surface area (Å²) in [5.74, 6) is 0.188. The van der Waals surface area contributed by atoms with Crippen molar-refractivity contribution in [2.24, 2.45) is 0 Å². The van der Waals surface area contributed by atoms with Crippen molar-refractivity contribution in [3.63, 3.8) is 0 Å². The van der Waals surface area contributed by atoms with Crippen LogP contribution in [0.4, 0.5) is 0 Å². The van der Waals surface area contributed by atoms with E-state index in [1.807, 2.05) is 54.8 Å². The molecule has 0 aliphatic carbocycles. The van der Waals surface area contributed by atoms with Crippen LogP contribution in [0.25, 0.3) is 11.8 Å². The van der Waals surface area contributed by atoms with Crippen molar-refractivity contribution >= 4 is 21.8 Å². The number of sulfone groups is 1. The molecule has 1 aliphatic heterocycles. The van der Waals surface area contributed by atoms with E-state index in [4.69, 9.17) is 4.74 Å². The third-order valence-electron chi connectivity index (χ3n) is 5.03. The molecule has 7 nitrogen and oxygen atoms in total. The second-order valence-electron chi connectivity index (χ2n) is 7.10. The van der Waals surface area contributed by atoms with Gasteiger partial charge in [0.2, 0.25) is 0 Å². The molecule has 1 N–H and O–H groups in total. The van der Waals surface area contributed by atoms with Crippen LogP contribution in [0.3, 0.4) is 0 Å². The van der Waals surface area contributed by atoms with E-state index in [1.165, 1.54) is 0 Å². The Bertz CT molecular complexity index is 1110. The lowest BCUT2D eigenvalue weighted by Crippen LogP contribution is -2.36. The van der Waals surface area contributed by atoms with Gasteiger partial charge in [0.05, 0.1) is 18.6 Å². The number of amides is 1. The molecule has 1 aromatic heterocycles. The second-order valence-corrected chi connectivity index (χ2v) is 9.33. The molecule has 1 saturated heterocycles. The van der Waals surface area contributed by atoms with E-state index in [0.717, 1.165) is 28.4 Å². The van der Waals surface area contributed by atoms with Crippen molar-refractivity contribution in [1.82, 2.24) is 9.88 Å². The molecular formula is C21H23N3O4S. The highest BCUT2D eigenvalue weighted by Crippen LogP contribution is 2.24. The fraction of sp³-hybridized carbons (Fsp3) is 0.333. The molecule has 1 atom stereocenters. The van der Waals surface area contributed by atoms with E-state index in [0.29, 0.717) is 6.42 Å². The molecule has 152 valence electrons. The Morgan fingerprint density at radius 1 is 1.31 bits per heavy atom. The first kappa shape index (κ1) is 20.7. The van der Waals surface area contributed by atoms with Crippen molar-refractivity contribution in [3.8, 4) is 17.5 Å². The van der Waals surface area contributed by atoms with Crippen LogP contribution in [0.15, 0.2) is 35.9 Å². The Hall–Kier alpha value is -3.05. The zero-order valence-electron chi connectivity index (χ0n) is 16.6. The smallest absolute Gasteiger partial charge is 0.262 e. The summed E-state index contributed by atoms with van der Waals surface area (Å²) >= 11 is 0. The number of rotatable bonds is 5. The van der Waals surface area contributed by atoms with Gasteiger partial charge in [-0.3, -0.25) is 4.79 Å². The zero-order valence-corrected chi connectivity index (χ0v) is 17.4. The number of methoxy groups -OCH3 is 1. The Labute approximate surface area is 170 Å². The van der Waals surface area contributed by atoms with Crippen LogP contribution in [-0.4, -0.2) is 43.5 Å². The minimum atomic E-state index is -3.11. The summed E-state index contributed by atoms with van der Waals surface area (Å²) in [5, 5.41) is 12.1. The highest BCUT2D eigenvalue weighted by Gasteiger charge is 2.29. The van der Waals surface area contributed by atoms with E-state index in [-0.39, 0.29) is 17.1 Å². The molecule has 0 spiro atoms. The predicted octanol–water partition coefficient (Wildman–Crippen LogP) is 2.31. The number of carbonyl (C=O) groups excluding carboxylic acids is 1. The van der Waals surface area contributed by atoms with Crippen LogP contribution in [0, 0.1) is 25.2 Å². The number of nitrogens with one attached hydrogen (secondary N) is 1. The van der Waals surface area contributed by atoms with Crippen molar-refractivity contribution < 1.29 is 17.9 Å². The third kappa shape index (κ3) is 4.51. The van der Waals surface area contributed by atoms with Gasteiger partial charge in [0, 0.05) is 23.1 Å². The molecule has 0 saturated carbocycles. The first-order valence-electron chi connectivity index (χ1n) is 9.20. The average molecular weight is 413 g/mol. The van der Waals surface area contributed by atoms with Crippen LogP contribution < -0.4 is 10.1 Å². The minimum absolute atomic E-state index is 0.0516. The Morgan fingerprint density at radius 3 is 2.55 bits per heavy atom. The fourth-order valence-corrected chi connectivity index (χ4v) is 5.21. The maximum absolute atomic E-state index is 12.5. The van der Waals surface area contributed by atoms with Crippen molar-refractivity contribution in [1.29, 1.82) is 5.26 Å². The van der Waals surface area contributed by atoms with Gasteiger partial charge in [-0.05, 0) is 62.2 Å². The monoisotopic (exact) mass is 413 g/mol. The van der Waals surface area contributed by atoms with Gasteiger partial charge in [-0.2, -0.15) is 5.26 Å². The lowest BCUT2D eigenvalue weighted by atomic mass is 10.1. The summed E-state index contributed by atoms with van der Waals surface area (Å²) < 4.78 is 30.4. The lowest BCUT2D eigenvalue weighted by molar-refractivity contribution is -0.117. The standard InChI is InChI=1S/C21H23N3O4S/c1-14-10-16(15(2)24(14)19-4-6-20(28-3)7-5-19)11-17(12-22)21(25)23-18-8-9-29(26,27)13-18/h4-7,10-11,18H,8-9,13H2,1-3H3,(H,23,25)/b17-11-/t18-/m1/s1. The van der Waals surface area contributed by atoms with Crippen molar-refractivity contribution in [3.05, 3.63) is 52.9 Å². The number of benzene rings is 1. The number of nitrogens with zero attached hydrogens (tertiary/aromatic N) is 2. The van der Waals surface area contributed by atoms with E-state index in [9.17, 15) is 18.5 Å². The molecule has 2 heterocycles. The van der Waals surface area contributed by atoms with Gasteiger partial charge in [0.25, 0.3) is 5.91 Å². The van der Waals surface area contributed by atoms with Gasteiger partial charge in [-0.25, -0.2) is 8.42 Å². The van der Waals surface area contributed by atoms with E-state index in [2.05, 4.69) is 5.32 Å². The molecule has 0 unspecified atom stereocenters. The first-order chi connectivity index (χ1) is 13.7. The summed E-state index contributed by atoms with van der Waals surface area (Å²) in [4.78, 5) is 12.5. The maximum Gasteiger partial charge on any atom is 0.262 e. The number of hydrogen-bond donors (Lipinski definition) is 1. The summed E-state index contributed by atoms with van der Waals surface area (Å²) in [6.45, 7) is 3.86. The Balaban J connectivity index is 1.86. The summed E-state index contributed by atoms with van der Waals surface area (Å²) in [6.07, 6.45) is 1.92. The molecule has 1 fully saturated rings. The van der Waals surface area contributed by atoms with E-state index in [1.54, 1.807) is 13.2 Å². The number of aromatic nitrogens is 1. The summed E-state index contributed by atoms with van der Waals surface area (Å²) in [5.41, 5.74) is 3.49. The van der Waals surface area contributed by atoms with Gasteiger partial charge < -0.3 is 14.6 Å². The van der Waals surface area contributed by atoms with Gasteiger partial charge in [0.15, 0.2) is 9.84 Å². The zero-order chi connectivity index (χ0) is 21.2. The van der Waals surface area contributed by atoms with Crippen LogP contribution in [0.5, 0.6) is 5.75 Å². The SMILES string of the molecule is COc1ccc(-n2c(C)cc(/C=C(/C#N)C(=O)N[C@@H]3CCS(=O)(=O)C3)c2C)cc1. The van der Waals surface area contributed by atoms with Gasteiger partial charge in [0.1, 0.15) is 17.4 Å². The normalized spacial score (nSPS) is 18.3. The molecule has 1 amide bonds. The quantitative estimate of drug-likeness (QED) is 0.599. The van der Waals surface area contributed by atoms with Gasteiger partial charge >= 0.3 is 0 Å². The first-order valence-corrected chi connectivity index (χ1v) is 11.0. The van der Waals surface area contributed by atoms with E-state index < -0.39 is 21.8 Å². The number of carbonyl (C=O) groups is 1. The summed E-state index contributed by atoms with van der Waals surface area (Å²) in [6, 6.07) is 11.0. The van der Waals surface area contributed by atoms with Crippen molar-refractivity contribution in [2.75, 3.05) is 18.6 Å². The van der Waals surface area contributed by atoms with Crippen LogP contribution in [0.1, 0.15) is 23.4 Å². The highest BCUT2D eigenvalue weighted by atomic mass is 32.2. The molecule has 2 aromatic rings. The highest BCUT2D eigenvalue weighted by molar-refractivity contribution is 7.91. The van der Waals surface area contributed by atoms with Gasteiger partial charge in [-0.1, -0.05) is 0 Å². The maximum atomic E-state index is 12.5. The molecule has 29 heavy (non-hydrogen) atoms. The van der Waals surface area contributed by atoms with Crippen LogP contribution in [-0.2, 0) is 14.6 Å². The fourth-order valence-electron chi connectivity index (χ4n) is 3.54. The number of hydrogen-bond acceptors (Lipinski definition) is 5. The molecule has 3 rings (SSSR count). The summed E-state index contributed by atoms with van der Waals surface area (Å²) in [7, 11) is -1.50. The Kier molecular flexibility index (Phi) is 5.80. The van der Waals surface area contributed by atoms with Crippen molar-refractivity contribution in [2.45, 2.75) is 26.3 Å². The third-order valence-corrected chi connectivity index (χ3v) is 6.80. The average Bonchev–Trinajstić information content (AvgIpc) is 3.17. The number of ether oxygens (including phenoxy) is 1. The van der Waals surface area contributed by atoms with Gasteiger partial charge in [-0.15, -0.1) is 0 Å². The predicted molar refractivity (Wildman–Crippen MR) is 111 cm³/mol. The Morgan fingerprint density at radius 2 is 2.00 bits per heavy atom.